The van der Waals surface area contributed by atoms with E-state index >= 15 is 0 Å². The summed E-state index contributed by atoms with van der Waals surface area (Å²) in [7, 11) is 3.18. The summed E-state index contributed by atoms with van der Waals surface area (Å²) in [4.78, 5) is 11.4. The summed E-state index contributed by atoms with van der Waals surface area (Å²) in [5, 5.41) is 9.17. The van der Waals surface area contributed by atoms with Gasteiger partial charge in [0.25, 0.3) is 0 Å². The molecular formula is C14H24O5. The molecule has 0 saturated carbocycles. The van der Waals surface area contributed by atoms with Gasteiger partial charge in [-0.3, -0.25) is 0 Å². The van der Waals surface area contributed by atoms with Crippen molar-refractivity contribution >= 4 is 5.97 Å². The number of hydrogen-bond acceptors (Lipinski definition) is 5. The number of carbonyl (C=O) groups excluding carboxylic acids is 1. The van der Waals surface area contributed by atoms with Crippen LogP contribution >= 0.6 is 0 Å². The van der Waals surface area contributed by atoms with Gasteiger partial charge in [0.2, 0.25) is 0 Å². The highest BCUT2D eigenvalue weighted by Gasteiger charge is 2.32. The zero-order chi connectivity index (χ0) is 14.4. The number of aliphatic hydroxyl groups excluding tert-OH is 1. The molecular weight excluding hydrogens is 248 g/mol. The minimum absolute atomic E-state index is 0.0433. The van der Waals surface area contributed by atoms with Crippen LogP contribution in [0.25, 0.3) is 0 Å². The topological polar surface area (TPSA) is 65.0 Å². The van der Waals surface area contributed by atoms with Crippen molar-refractivity contribution in [3.8, 4) is 0 Å². The first-order chi connectivity index (χ1) is 9.01. The molecule has 0 bridgehead atoms. The van der Waals surface area contributed by atoms with Gasteiger partial charge in [-0.25, -0.2) is 4.79 Å². The van der Waals surface area contributed by atoms with Gasteiger partial charge < -0.3 is 19.3 Å². The predicted molar refractivity (Wildman–Crippen MR) is 70.7 cm³/mol. The zero-order valence-electron chi connectivity index (χ0n) is 12.1. The van der Waals surface area contributed by atoms with E-state index in [0.29, 0.717) is 6.42 Å². The lowest BCUT2D eigenvalue weighted by molar-refractivity contribution is -0.150. The normalized spacial score (nSPS) is 24.4. The lowest BCUT2D eigenvalue weighted by Gasteiger charge is -2.33. The smallest absolute Gasteiger partial charge is 0.330 e. The molecule has 110 valence electrons. The fourth-order valence-corrected chi connectivity index (χ4v) is 2.36. The summed E-state index contributed by atoms with van der Waals surface area (Å²) in [6, 6.07) is 0. The molecule has 0 fully saturated rings. The van der Waals surface area contributed by atoms with Crippen LogP contribution in [-0.4, -0.2) is 50.2 Å². The summed E-state index contributed by atoms with van der Waals surface area (Å²) >= 11 is 0. The third-order valence-corrected chi connectivity index (χ3v) is 3.66. The van der Waals surface area contributed by atoms with Crippen LogP contribution in [0.2, 0.25) is 0 Å². The Kier molecular flexibility index (Phi) is 6.48. The van der Waals surface area contributed by atoms with E-state index in [1.54, 1.807) is 14.2 Å². The van der Waals surface area contributed by atoms with E-state index in [9.17, 15) is 9.90 Å². The molecule has 0 unspecified atom stereocenters. The molecule has 5 nitrogen and oxygen atoms in total. The highest BCUT2D eigenvalue weighted by Crippen LogP contribution is 2.27. The van der Waals surface area contributed by atoms with Crippen molar-refractivity contribution in [2.45, 2.75) is 45.0 Å². The number of cyclic esters (lactones) is 1. The zero-order valence-corrected chi connectivity index (χ0v) is 12.1. The van der Waals surface area contributed by atoms with E-state index < -0.39 is 0 Å². The Bertz CT molecular complexity index is 322. The van der Waals surface area contributed by atoms with Crippen LogP contribution in [-0.2, 0) is 19.0 Å². The van der Waals surface area contributed by atoms with Gasteiger partial charge in [-0.05, 0) is 6.92 Å². The molecule has 19 heavy (non-hydrogen) atoms. The van der Waals surface area contributed by atoms with Crippen LogP contribution in [0.3, 0.4) is 0 Å². The summed E-state index contributed by atoms with van der Waals surface area (Å²) in [6.45, 7) is 3.87. The second kappa shape index (κ2) is 7.62. The van der Waals surface area contributed by atoms with Crippen LogP contribution in [0.5, 0.6) is 0 Å². The Morgan fingerprint density at radius 3 is 2.63 bits per heavy atom. The lowest BCUT2D eigenvalue weighted by Crippen LogP contribution is -2.38. The standard InChI is InChI=1S/C14H24O5/c1-9-5-13(19-14(16)6-9)10(2)12(18-4)7-11(8-15)17-3/h6,10-13,15H,5,7-8H2,1-4H3/t10-,11-,12+,13-/m1/s1. The summed E-state index contributed by atoms with van der Waals surface area (Å²) in [5.74, 6) is -0.247. The van der Waals surface area contributed by atoms with Crippen molar-refractivity contribution in [3.63, 3.8) is 0 Å². The molecule has 0 aromatic rings. The third kappa shape index (κ3) is 4.60. The van der Waals surface area contributed by atoms with Crippen molar-refractivity contribution in [2.75, 3.05) is 20.8 Å². The van der Waals surface area contributed by atoms with E-state index in [1.165, 1.54) is 6.08 Å². The molecule has 0 spiro atoms. The van der Waals surface area contributed by atoms with E-state index in [-0.39, 0.29) is 36.8 Å². The van der Waals surface area contributed by atoms with Gasteiger partial charge in [-0.2, -0.15) is 0 Å². The molecule has 1 N–H and O–H groups in total. The monoisotopic (exact) mass is 272 g/mol. The number of ether oxygens (including phenoxy) is 3. The van der Waals surface area contributed by atoms with Crippen LogP contribution in [0.4, 0.5) is 0 Å². The largest absolute Gasteiger partial charge is 0.458 e. The Labute approximate surface area is 114 Å². The molecule has 0 radical (unpaired) electrons. The van der Waals surface area contributed by atoms with Crippen molar-refractivity contribution in [3.05, 3.63) is 11.6 Å². The maximum atomic E-state index is 11.4. The van der Waals surface area contributed by atoms with E-state index in [2.05, 4.69) is 0 Å². The fourth-order valence-electron chi connectivity index (χ4n) is 2.36. The summed E-state index contributed by atoms with van der Waals surface area (Å²) in [5.41, 5.74) is 1.02. The Hall–Kier alpha value is -0.910. The minimum Gasteiger partial charge on any atom is -0.458 e. The molecule has 1 aliphatic rings. The number of esters is 1. The van der Waals surface area contributed by atoms with Gasteiger partial charge in [0, 0.05) is 39.1 Å². The lowest BCUT2D eigenvalue weighted by atomic mass is 9.89. The van der Waals surface area contributed by atoms with Crippen molar-refractivity contribution in [1.29, 1.82) is 0 Å². The van der Waals surface area contributed by atoms with Crippen molar-refractivity contribution < 1.29 is 24.1 Å². The number of carbonyl (C=O) groups is 1. The van der Waals surface area contributed by atoms with Crippen LogP contribution < -0.4 is 0 Å². The van der Waals surface area contributed by atoms with Gasteiger partial charge in [-0.15, -0.1) is 0 Å². The molecule has 4 atom stereocenters. The highest BCUT2D eigenvalue weighted by molar-refractivity contribution is 5.83. The Morgan fingerprint density at radius 1 is 1.47 bits per heavy atom. The predicted octanol–water partition coefficient (Wildman–Crippen LogP) is 1.30. The molecule has 0 aliphatic carbocycles. The maximum Gasteiger partial charge on any atom is 0.330 e. The minimum atomic E-state index is -0.291. The summed E-state index contributed by atoms with van der Waals surface area (Å²) in [6.07, 6.45) is 2.25. The average molecular weight is 272 g/mol. The number of methoxy groups -OCH3 is 2. The van der Waals surface area contributed by atoms with Crippen molar-refractivity contribution in [1.82, 2.24) is 0 Å². The van der Waals surface area contributed by atoms with Gasteiger partial charge in [0.05, 0.1) is 18.8 Å². The van der Waals surface area contributed by atoms with E-state index in [4.69, 9.17) is 14.2 Å². The third-order valence-electron chi connectivity index (χ3n) is 3.66. The first-order valence-electron chi connectivity index (χ1n) is 6.56. The van der Waals surface area contributed by atoms with Crippen LogP contribution in [0.1, 0.15) is 26.7 Å². The molecule has 5 heteroatoms. The van der Waals surface area contributed by atoms with Gasteiger partial charge in [0.15, 0.2) is 0 Å². The average Bonchev–Trinajstić information content (AvgIpc) is 2.38. The first kappa shape index (κ1) is 16.1. The molecule has 1 rings (SSSR count). The molecule has 0 saturated heterocycles. The van der Waals surface area contributed by atoms with Crippen LogP contribution in [0.15, 0.2) is 11.6 Å². The van der Waals surface area contributed by atoms with Gasteiger partial charge in [-0.1, -0.05) is 12.5 Å². The first-order valence-corrected chi connectivity index (χ1v) is 6.56. The van der Waals surface area contributed by atoms with Crippen molar-refractivity contribution in [2.24, 2.45) is 5.92 Å². The molecule has 0 aromatic heterocycles. The van der Waals surface area contributed by atoms with E-state index in [0.717, 1.165) is 12.0 Å². The maximum absolute atomic E-state index is 11.4. The Morgan fingerprint density at radius 2 is 2.16 bits per heavy atom. The van der Waals surface area contributed by atoms with Gasteiger partial charge in [0.1, 0.15) is 6.10 Å². The second-order valence-corrected chi connectivity index (χ2v) is 5.08. The quantitative estimate of drug-likeness (QED) is 0.708. The van der Waals surface area contributed by atoms with E-state index in [1.807, 2.05) is 13.8 Å². The number of rotatable bonds is 7. The molecule has 1 heterocycles. The highest BCUT2D eigenvalue weighted by atomic mass is 16.5. The second-order valence-electron chi connectivity index (χ2n) is 5.08. The van der Waals surface area contributed by atoms with Gasteiger partial charge >= 0.3 is 5.97 Å². The number of aliphatic hydroxyl groups is 1. The SMILES string of the molecule is CO[C@@H](CO)C[C@H](OC)[C@@H](C)[C@H]1CC(C)=CC(=O)O1. The molecule has 0 amide bonds. The molecule has 0 aromatic carbocycles. The Balaban J connectivity index is 2.65. The molecule has 1 aliphatic heterocycles. The summed E-state index contributed by atoms with van der Waals surface area (Å²) < 4.78 is 16.0. The number of hydrogen-bond donors (Lipinski definition) is 1. The fraction of sp³-hybridized carbons (Fsp3) is 0.786. The van der Waals surface area contributed by atoms with Crippen LogP contribution in [0, 0.1) is 5.92 Å².